The maximum Gasteiger partial charge on any atom is 0.407 e. The zero-order valence-corrected chi connectivity index (χ0v) is 21.5. The Morgan fingerprint density at radius 3 is 1.97 bits per heavy atom. The van der Waals surface area contributed by atoms with Crippen LogP contribution in [0.2, 0.25) is 0 Å². The molecular formula is C31H33NO5. The second-order valence-corrected chi connectivity index (χ2v) is 9.68. The molecule has 6 nitrogen and oxygen atoms in total. The Hall–Kier alpha value is -3.93. The van der Waals surface area contributed by atoms with Gasteiger partial charge in [0.2, 0.25) is 0 Å². The molecule has 37 heavy (non-hydrogen) atoms. The van der Waals surface area contributed by atoms with Gasteiger partial charge in [-0.2, -0.15) is 0 Å². The molecule has 1 aliphatic carbocycles. The number of hydrogen-bond acceptors (Lipinski definition) is 5. The zero-order valence-electron chi connectivity index (χ0n) is 21.5. The summed E-state index contributed by atoms with van der Waals surface area (Å²) in [4.78, 5) is 36.8. The molecule has 4 rings (SSSR count). The molecule has 1 atom stereocenters. The number of ketones is 1. The van der Waals surface area contributed by atoms with E-state index in [1.165, 1.54) is 29.4 Å². The fourth-order valence-electron chi connectivity index (χ4n) is 4.84. The van der Waals surface area contributed by atoms with Crippen LogP contribution in [0.3, 0.4) is 0 Å². The third-order valence-electron chi connectivity index (χ3n) is 6.84. The van der Waals surface area contributed by atoms with Crippen molar-refractivity contribution in [2.24, 2.45) is 5.92 Å². The van der Waals surface area contributed by atoms with Crippen LogP contribution < -0.4 is 5.32 Å². The van der Waals surface area contributed by atoms with Gasteiger partial charge in [0.15, 0.2) is 5.78 Å². The first-order chi connectivity index (χ1) is 17.9. The molecule has 1 aliphatic rings. The van der Waals surface area contributed by atoms with Crippen molar-refractivity contribution >= 4 is 17.8 Å². The molecule has 0 radical (unpaired) electrons. The van der Waals surface area contributed by atoms with E-state index in [2.05, 4.69) is 34.3 Å². The van der Waals surface area contributed by atoms with E-state index in [0.717, 1.165) is 11.1 Å². The van der Waals surface area contributed by atoms with E-state index in [9.17, 15) is 14.4 Å². The van der Waals surface area contributed by atoms with Crippen molar-refractivity contribution in [3.05, 3.63) is 95.1 Å². The Kier molecular flexibility index (Phi) is 8.39. The maximum atomic E-state index is 12.6. The van der Waals surface area contributed by atoms with Gasteiger partial charge in [-0.25, -0.2) is 4.79 Å². The molecule has 0 saturated carbocycles. The summed E-state index contributed by atoms with van der Waals surface area (Å²) in [7, 11) is 1.28. The predicted molar refractivity (Wildman–Crippen MR) is 142 cm³/mol. The molecule has 1 N–H and O–H groups in total. The number of amides is 1. The first-order valence-corrected chi connectivity index (χ1v) is 12.7. The number of benzene rings is 3. The lowest BCUT2D eigenvalue weighted by molar-refractivity contribution is -0.143. The average Bonchev–Trinajstić information content (AvgIpc) is 3.24. The Balaban J connectivity index is 1.30. The van der Waals surface area contributed by atoms with Gasteiger partial charge >= 0.3 is 12.1 Å². The standard InChI is InChI=1S/C31H33NO5/c1-20(2)30(34)28(32-31(35)36-3)18-22-14-12-21(13-15-22)16-17-29(33)37-19-27-25-10-6-4-8-23(25)24-9-5-7-11-26(24)27/h4-15,20,27-28H,16-19H2,1-3H3,(H,32,35). The summed E-state index contributed by atoms with van der Waals surface area (Å²) >= 11 is 0. The molecular weight excluding hydrogens is 466 g/mol. The number of aryl methyl sites for hydroxylation is 1. The number of hydrogen-bond donors (Lipinski definition) is 1. The molecule has 0 heterocycles. The minimum atomic E-state index is -0.654. The van der Waals surface area contributed by atoms with Crippen LogP contribution in [0.15, 0.2) is 72.8 Å². The molecule has 192 valence electrons. The summed E-state index contributed by atoms with van der Waals surface area (Å²) in [6.07, 6.45) is 0.594. The molecule has 0 bridgehead atoms. The number of carbonyl (C=O) groups excluding carboxylic acids is 3. The SMILES string of the molecule is COC(=O)NC(Cc1ccc(CCC(=O)OCC2c3ccccc3-c3ccccc32)cc1)C(=O)C(C)C. The molecule has 0 aromatic heterocycles. The Morgan fingerprint density at radius 2 is 1.41 bits per heavy atom. The molecule has 3 aromatic carbocycles. The second-order valence-electron chi connectivity index (χ2n) is 9.68. The summed E-state index contributed by atoms with van der Waals surface area (Å²) in [5, 5.41) is 2.63. The molecule has 1 amide bonds. The van der Waals surface area contributed by atoms with Gasteiger partial charge in [-0.1, -0.05) is 86.6 Å². The lowest BCUT2D eigenvalue weighted by atomic mass is 9.95. The number of esters is 1. The van der Waals surface area contributed by atoms with Gasteiger partial charge in [0.25, 0.3) is 0 Å². The fraction of sp³-hybridized carbons (Fsp3) is 0.323. The van der Waals surface area contributed by atoms with Crippen LogP contribution in [0.1, 0.15) is 48.4 Å². The van der Waals surface area contributed by atoms with Gasteiger partial charge in [-0.15, -0.1) is 0 Å². The lowest BCUT2D eigenvalue weighted by Gasteiger charge is -2.19. The van der Waals surface area contributed by atoms with Gasteiger partial charge in [0, 0.05) is 18.3 Å². The highest BCUT2D eigenvalue weighted by molar-refractivity contribution is 5.89. The fourth-order valence-corrected chi connectivity index (χ4v) is 4.84. The largest absolute Gasteiger partial charge is 0.465 e. The van der Waals surface area contributed by atoms with Crippen LogP contribution in [0, 0.1) is 5.92 Å². The van der Waals surface area contributed by atoms with E-state index >= 15 is 0 Å². The highest BCUT2D eigenvalue weighted by Crippen LogP contribution is 2.44. The maximum absolute atomic E-state index is 12.6. The van der Waals surface area contributed by atoms with Crippen molar-refractivity contribution in [1.82, 2.24) is 5.32 Å². The number of fused-ring (bicyclic) bond motifs is 3. The van der Waals surface area contributed by atoms with E-state index in [4.69, 9.17) is 4.74 Å². The molecule has 0 aliphatic heterocycles. The third kappa shape index (κ3) is 6.26. The van der Waals surface area contributed by atoms with Gasteiger partial charge in [-0.05, 0) is 46.2 Å². The van der Waals surface area contributed by atoms with E-state index in [0.29, 0.717) is 19.4 Å². The van der Waals surface area contributed by atoms with Crippen LogP contribution in [-0.2, 0) is 31.9 Å². The van der Waals surface area contributed by atoms with Crippen molar-refractivity contribution < 1.29 is 23.9 Å². The van der Waals surface area contributed by atoms with Crippen LogP contribution in [0.25, 0.3) is 11.1 Å². The Morgan fingerprint density at radius 1 is 0.838 bits per heavy atom. The number of ether oxygens (including phenoxy) is 2. The minimum Gasteiger partial charge on any atom is -0.465 e. The van der Waals surface area contributed by atoms with E-state index < -0.39 is 12.1 Å². The first kappa shape index (κ1) is 26.1. The predicted octanol–water partition coefficient (Wildman–Crippen LogP) is 5.47. The molecule has 0 spiro atoms. The lowest BCUT2D eigenvalue weighted by Crippen LogP contribution is -2.44. The van der Waals surface area contributed by atoms with E-state index in [1.807, 2.05) is 48.5 Å². The Bertz CT molecular complexity index is 1220. The topological polar surface area (TPSA) is 81.7 Å². The van der Waals surface area contributed by atoms with Crippen molar-refractivity contribution in [2.45, 2.75) is 45.1 Å². The number of carbonyl (C=O) groups is 3. The summed E-state index contributed by atoms with van der Waals surface area (Å²) in [5.74, 6) is -0.435. The molecule has 1 unspecified atom stereocenters. The third-order valence-corrected chi connectivity index (χ3v) is 6.84. The van der Waals surface area contributed by atoms with Crippen LogP contribution in [0.5, 0.6) is 0 Å². The second kappa shape index (κ2) is 11.9. The molecule has 6 heteroatoms. The molecule has 3 aromatic rings. The number of rotatable bonds is 10. The summed E-state index contributed by atoms with van der Waals surface area (Å²) < 4.78 is 10.4. The van der Waals surface area contributed by atoms with Gasteiger partial charge in [0.1, 0.15) is 6.61 Å². The Labute approximate surface area is 218 Å². The highest BCUT2D eigenvalue weighted by atomic mass is 16.5. The smallest absolute Gasteiger partial charge is 0.407 e. The number of nitrogens with one attached hydrogen (secondary N) is 1. The quantitative estimate of drug-likeness (QED) is 0.374. The number of alkyl carbamates (subject to hydrolysis) is 1. The summed E-state index contributed by atoms with van der Waals surface area (Å²) in [5.41, 5.74) is 6.73. The van der Waals surface area contributed by atoms with E-state index in [1.54, 1.807) is 13.8 Å². The van der Waals surface area contributed by atoms with Gasteiger partial charge < -0.3 is 14.8 Å². The van der Waals surface area contributed by atoms with Gasteiger partial charge in [0.05, 0.1) is 13.2 Å². The number of Topliss-reactive ketones (excluding diaryl/α,β-unsaturated/α-hetero) is 1. The van der Waals surface area contributed by atoms with Crippen molar-refractivity contribution in [1.29, 1.82) is 0 Å². The average molecular weight is 500 g/mol. The minimum absolute atomic E-state index is 0.0512. The van der Waals surface area contributed by atoms with E-state index in [-0.39, 0.29) is 30.0 Å². The summed E-state index contributed by atoms with van der Waals surface area (Å²) in [6, 6.07) is 23.6. The molecule has 0 fully saturated rings. The van der Waals surface area contributed by atoms with Crippen LogP contribution >= 0.6 is 0 Å². The monoisotopic (exact) mass is 499 g/mol. The number of methoxy groups -OCH3 is 1. The first-order valence-electron chi connectivity index (χ1n) is 12.7. The molecule has 0 saturated heterocycles. The normalized spacial score (nSPS) is 13.0. The van der Waals surface area contributed by atoms with Crippen LogP contribution in [0.4, 0.5) is 4.79 Å². The zero-order chi connectivity index (χ0) is 26.4. The van der Waals surface area contributed by atoms with Gasteiger partial charge in [-0.3, -0.25) is 9.59 Å². The highest BCUT2D eigenvalue weighted by Gasteiger charge is 2.29. The van der Waals surface area contributed by atoms with Crippen molar-refractivity contribution in [2.75, 3.05) is 13.7 Å². The van der Waals surface area contributed by atoms with Crippen molar-refractivity contribution in [3.8, 4) is 11.1 Å². The summed E-state index contributed by atoms with van der Waals surface area (Å²) in [6.45, 7) is 3.94. The van der Waals surface area contributed by atoms with Crippen molar-refractivity contribution in [3.63, 3.8) is 0 Å². The van der Waals surface area contributed by atoms with Crippen LogP contribution in [-0.4, -0.2) is 37.6 Å².